The second-order valence-electron chi connectivity index (χ2n) is 18.8. The Kier molecular flexibility index (Phi) is 56.5. The van der Waals surface area contributed by atoms with Crippen LogP contribution in [0, 0.1) is 0 Å². The summed E-state index contributed by atoms with van der Waals surface area (Å²) in [7, 11) is 0. The smallest absolute Gasteiger partial charge is 0.306 e. The highest BCUT2D eigenvalue weighted by atomic mass is 16.6. The van der Waals surface area contributed by atoms with E-state index >= 15 is 0 Å². The van der Waals surface area contributed by atoms with Gasteiger partial charge in [-0.3, -0.25) is 14.4 Å². The molecule has 6 nitrogen and oxygen atoms in total. The predicted octanol–water partition coefficient (Wildman–Crippen LogP) is 20.1. The van der Waals surface area contributed by atoms with E-state index in [0.717, 1.165) is 128 Å². The van der Waals surface area contributed by atoms with Crippen molar-refractivity contribution in [2.45, 2.75) is 239 Å². The molecule has 0 heterocycles. The van der Waals surface area contributed by atoms with Crippen LogP contribution in [0.4, 0.5) is 0 Å². The SMILES string of the molecule is CC/C=C\C/C=C\C/C=C\C/C=C\C/C=C\C/C=C\CCC(=O)OCC(COC(=O)CCCCCCC/C=C\C=C/CCCCCCCCC)OC(=O)CCCCC/C=C\C/C=C\C/C=C\C/C=C\C/C=C\CC. The van der Waals surface area contributed by atoms with Crippen LogP contribution >= 0.6 is 0 Å². The van der Waals surface area contributed by atoms with E-state index in [1.807, 2.05) is 12.2 Å². The van der Waals surface area contributed by atoms with Crippen molar-refractivity contribution in [3.63, 3.8) is 0 Å². The fraction of sp³-hybridized carbons (Fsp3) is 0.574. The standard InChI is InChI=1S/C68H106O6/c1-4-7-10-13-16-19-22-25-28-31-34-37-40-43-46-49-52-55-58-61-67(70)73-64-65(63-72-66(69)60-57-54-51-48-45-42-39-36-33-30-27-24-21-18-15-12-9-6-3)74-68(71)62-59-56-53-50-47-44-41-38-35-32-29-26-23-20-17-14-11-8-5-2/h7-8,10-11,16-17,19-20,25-26,28-30,33-39,43-44,46-47,52,55,65H,4-6,9,12-15,18,21-24,27,31-32,40-42,45,48-51,53-54,56-64H2,1-3H3/b10-7-,11-8-,19-16-,20-17-,28-25-,29-26-,33-30-,37-34-,38-35-,39-36-,46-43-,47-44-,55-52-. The summed E-state index contributed by atoms with van der Waals surface area (Å²) in [6.45, 7) is 6.29. The van der Waals surface area contributed by atoms with Crippen molar-refractivity contribution in [2.75, 3.05) is 13.2 Å². The van der Waals surface area contributed by atoms with Gasteiger partial charge in [0, 0.05) is 19.3 Å². The Morgan fingerprint density at radius 2 is 0.595 bits per heavy atom. The number of allylic oxidation sites excluding steroid dienone is 26. The van der Waals surface area contributed by atoms with Crippen LogP contribution < -0.4 is 0 Å². The highest BCUT2D eigenvalue weighted by molar-refractivity contribution is 5.71. The summed E-state index contributed by atoms with van der Waals surface area (Å²) in [5.41, 5.74) is 0. The van der Waals surface area contributed by atoms with Crippen LogP contribution in [-0.2, 0) is 28.6 Å². The number of hydrogen-bond acceptors (Lipinski definition) is 6. The molecule has 74 heavy (non-hydrogen) atoms. The molecule has 0 rings (SSSR count). The normalized spacial score (nSPS) is 13.3. The fourth-order valence-corrected chi connectivity index (χ4v) is 7.43. The number of esters is 3. The Balaban J connectivity index is 4.62. The summed E-state index contributed by atoms with van der Waals surface area (Å²) in [6.07, 6.45) is 88.1. The predicted molar refractivity (Wildman–Crippen MR) is 320 cm³/mol. The lowest BCUT2D eigenvalue weighted by atomic mass is 10.1. The van der Waals surface area contributed by atoms with Gasteiger partial charge in [-0.25, -0.2) is 0 Å². The Hall–Kier alpha value is -4.97. The van der Waals surface area contributed by atoms with Crippen LogP contribution in [0.3, 0.4) is 0 Å². The van der Waals surface area contributed by atoms with Crippen molar-refractivity contribution >= 4 is 17.9 Å². The lowest BCUT2D eigenvalue weighted by molar-refractivity contribution is -0.166. The zero-order valence-electron chi connectivity index (χ0n) is 47.3. The lowest BCUT2D eigenvalue weighted by Crippen LogP contribution is -2.30. The van der Waals surface area contributed by atoms with Gasteiger partial charge >= 0.3 is 17.9 Å². The van der Waals surface area contributed by atoms with E-state index in [1.54, 1.807) is 0 Å². The molecule has 0 aromatic heterocycles. The highest BCUT2D eigenvalue weighted by Crippen LogP contribution is 2.12. The first-order valence-corrected chi connectivity index (χ1v) is 29.5. The van der Waals surface area contributed by atoms with E-state index in [9.17, 15) is 14.4 Å². The van der Waals surface area contributed by atoms with E-state index in [4.69, 9.17) is 14.2 Å². The van der Waals surface area contributed by atoms with Gasteiger partial charge in [0.25, 0.3) is 0 Å². The van der Waals surface area contributed by atoms with Crippen LogP contribution in [-0.4, -0.2) is 37.2 Å². The summed E-state index contributed by atoms with van der Waals surface area (Å²) in [5.74, 6) is -1.07. The van der Waals surface area contributed by atoms with Crippen LogP contribution in [0.2, 0.25) is 0 Å². The maximum Gasteiger partial charge on any atom is 0.306 e. The lowest BCUT2D eigenvalue weighted by Gasteiger charge is -2.18. The van der Waals surface area contributed by atoms with Gasteiger partial charge < -0.3 is 14.2 Å². The summed E-state index contributed by atoms with van der Waals surface area (Å²) in [6, 6.07) is 0. The van der Waals surface area contributed by atoms with Crippen LogP contribution in [0.5, 0.6) is 0 Å². The zero-order valence-corrected chi connectivity index (χ0v) is 47.3. The molecule has 0 aliphatic carbocycles. The molecule has 0 saturated heterocycles. The summed E-state index contributed by atoms with van der Waals surface area (Å²) in [4.78, 5) is 38.2. The van der Waals surface area contributed by atoms with Gasteiger partial charge in [0.15, 0.2) is 6.10 Å². The van der Waals surface area contributed by atoms with Crippen molar-refractivity contribution in [3.8, 4) is 0 Å². The first-order chi connectivity index (χ1) is 36.5. The number of unbranched alkanes of at least 4 members (excludes halogenated alkanes) is 15. The van der Waals surface area contributed by atoms with Gasteiger partial charge in [0.1, 0.15) is 13.2 Å². The highest BCUT2D eigenvalue weighted by Gasteiger charge is 2.19. The number of carbonyl (C=O) groups excluding carboxylic acids is 3. The van der Waals surface area contributed by atoms with E-state index in [0.29, 0.717) is 19.3 Å². The number of rotatable bonds is 51. The van der Waals surface area contributed by atoms with Gasteiger partial charge in [0.2, 0.25) is 0 Å². The Morgan fingerprint density at radius 3 is 1.00 bits per heavy atom. The molecule has 0 saturated carbocycles. The molecule has 0 aromatic rings. The average Bonchev–Trinajstić information content (AvgIpc) is 3.40. The zero-order chi connectivity index (χ0) is 53.6. The summed E-state index contributed by atoms with van der Waals surface area (Å²) in [5, 5.41) is 0. The van der Waals surface area contributed by atoms with Gasteiger partial charge in [-0.15, -0.1) is 0 Å². The quantitative estimate of drug-likeness (QED) is 0.0199. The van der Waals surface area contributed by atoms with E-state index in [2.05, 4.69) is 167 Å². The third-order valence-corrected chi connectivity index (χ3v) is 11.8. The topological polar surface area (TPSA) is 78.9 Å². The molecule has 0 aliphatic rings. The third-order valence-electron chi connectivity index (χ3n) is 11.8. The number of hydrogen-bond donors (Lipinski definition) is 0. The van der Waals surface area contributed by atoms with Crippen molar-refractivity contribution in [1.29, 1.82) is 0 Å². The maximum absolute atomic E-state index is 12.9. The summed E-state index contributed by atoms with van der Waals surface area (Å²) >= 11 is 0. The maximum atomic E-state index is 12.9. The Morgan fingerprint density at radius 1 is 0.297 bits per heavy atom. The molecule has 1 unspecified atom stereocenters. The molecular formula is C68H106O6. The first kappa shape index (κ1) is 69.0. The molecule has 0 radical (unpaired) electrons. The Labute approximate surface area is 454 Å². The van der Waals surface area contributed by atoms with E-state index in [1.165, 1.54) is 51.4 Å². The molecule has 1 atom stereocenters. The summed E-state index contributed by atoms with van der Waals surface area (Å²) < 4.78 is 16.8. The van der Waals surface area contributed by atoms with Gasteiger partial charge in [-0.05, 0) is 128 Å². The van der Waals surface area contributed by atoms with Crippen LogP contribution in [0.1, 0.15) is 233 Å². The molecule has 0 N–H and O–H groups in total. The minimum absolute atomic E-state index is 0.130. The van der Waals surface area contributed by atoms with E-state index in [-0.39, 0.29) is 44.0 Å². The first-order valence-electron chi connectivity index (χ1n) is 29.5. The van der Waals surface area contributed by atoms with Crippen molar-refractivity contribution in [2.24, 2.45) is 0 Å². The molecular weight excluding hydrogens is 913 g/mol. The van der Waals surface area contributed by atoms with Crippen molar-refractivity contribution in [3.05, 3.63) is 158 Å². The molecule has 0 bridgehead atoms. The Bertz CT molecular complexity index is 1690. The van der Waals surface area contributed by atoms with Gasteiger partial charge in [0.05, 0.1) is 0 Å². The third kappa shape index (κ3) is 57.9. The molecule has 0 aromatic carbocycles. The van der Waals surface area contributed by atoms with Crippen LogP contribution in [0.15, 0.2) is 158 Å². The number of ether oxygens (including phenoxy) is 3. The number of carbonyl (C=O) groups is 3. The van der Waals surface area contributed by atoms with Crippen LogP contribution in [0.25, 0.3) is 0 Å². The molecule has 0 aliphatic heterocycles. The minimum Gasteiger partial charge on any atom is -0.462 e. The van der Waals surface area contributed by atoms with Gasteiger partial charge in [-0.1, -0.05) is 243 Å². The van der Waals surface area contributed by atoms with Gasteiger partial charge in [-0.2, -0.15) is 0 Å². The molecule has 414 valence electrons. The fourth-order valence-electron chi connectivity index (χ4n) is 7.43. The average molecular weight is 1020 g/mol. The monoisotopic (exact) mass is 1020 g/mol. The molecule has 0 amide bonds. The molecule has 6 heteroatoms. The van der Waals surface area contributed by atoms with E-state index < -0.39 is 6.10 Å². The second-order valence-corrected chi connectivity index (χ2v) is 18.8. The molecule has 0 spiro atoms. The molecule has 0 fully saturated rings. The van der Waals surface area contributed by atoms with Crippen molar-refractivity contribution < 1.29 is 28.6 Å². The van der Waals surface area contributed by atoms with Crippen molar-refractivity contribution in [1.82, 2.24) is 0 Å². The minimum atomic E-state index is -0.842. The largest absolute Gasteiger partial charge is 0.462 e. The second kappa shape index (κ2) is 60.6.